The summed E-state index contributed by atoms with van der Waals surface area (Å²) in [4.78, 5) is 10.7. The zero-order valence-electron chi connectivity index (χ0n) is 32.3. The molecule has 60 heavy (non-hydrogen) atoms. The molecule has 12 rings (SSSR count). The van der Waals surface area contributed by atoms with Gasteiger partial charge >= 0.3 is 0 Å². The first-order chi connectivity index (χ1) is 29.7. The molecule has 0 fully saturated rings. The standard InChI is InChI=1S/C56H34N2OS/c1-3-12-35(13-4-1)36-24-28-40(29-25-36)53-55-54(45-18-9-10-21-51(45)60-55)58-56(57-53)46-19-11-20-49-52(46)44-31-30-43(34-50(44)59-49)37-22-26-39(27-23-37)48-33-42-17-8-7-16-41(42)32-47(48)38-14-5-2-6-15-38/h1-34H. The third kappa shape index (κ3) is 5.80. The van der Waals surface area contributed by atoms with Gasteiger partial charge in [-0.3, -0.25) is 0 Å². The van der Waals surface area contributed by atoms with Gasteiger partial charge in [0, 0.05) is 32.0 Å². The van der Waals surface area contributed by atoms with E-state index in [2.05, 4.69) is 188 Å². The molecule has 3 aromatic heterocycles. The molecule has 280 valence electrons. The minimum absolute atomic E-state index is 0.685. The van der Waals surface area contributed by atoms with Crippen molar-refractivity contribution < 1.29 is 4.42 Å². The van der Waals surface area contributed by atoms with E-state index >= 15 is 0 Å². The van der Waals surface area contributed by atoms with E-state index in [1.807, 2.05) is 18.2 Å². The lowest BCUT2D eigenvalue weighted by molar-refractivity contribution is 0.669. The molecule has 3 heterocycles. The largest absolute Gasteiger partial charge is 0.456 e. The number of thiophene rings is 1. The van der Waals surface area contributed by atoms with E-state index in [-0.39, 0.29) is 0 Å². The summed E-state index contributed by atoms with van der Waals surface area (Å²) in [6.07, 6.45) is 0. The minimum Gasteiger partial charge on any atom is -0.456 e. The van der Waals surface area contributed by atoms with Crippen LogP contribution in [0, 0.1) is 0 Å². The van der Waals surface area contributed by atoms with E-state index in [1.165, 1.54) is 48.9 Å². The first-order valence-corrected chi connectivity index (χ1v) is 21.0. The molecule has 12 aromatic rings. The Balaban J connectivity index is 0.950. The van der Waals surface area contributed by atoms with Crippen LogP contribution in [0.3, 0.4) is 0 Å². The number of hydrogen-bond acceptors (Lipinski definition) is 4. The molecule has 0 unspecified atom stereocenters. The SMILES string of the molecule is c1ccc(-c2ccc(-c3nc(-c4cccc5oc6cc(-c7ccc(-c8cc9ccccc9cc8-c8ccccc8)cc7)ccc6c45)nc4c3sc3ccccc34)cc2)cc1. The number of nitrogens with zero attached hydrogens (tertiary/aromatic N) is 2. The van der Waals surface area contributed by atoms with E-state index in [0.29, 0.717) is 5.82 Å². The fraction of sp³-hybridized carbons (Fsp3) is 0. The molecule has 0 spiro atoms. The summed E-state index contributed by atoms with van der Waals surface area (Å²) < 4.78 is 8.92. The van der Waals surface area contributed by atoms with Gasteiger partial charge < -0.3 is 4.42 Å². The number of furan rings is 1. The lowest BCUT2D eigenvalue weighted by Gasteiger charge is -2.13. The fourth-order valence-corrected chi connectivity index (χ4v) is 9.88. The highest BCUT2D eigenvalue weighted by Gasteiger charge is 2.20. The normalized spacial score (nSPS) is 11.7. The molecule has 0 saturated heterocycles. The summed E-state index contributed by atoms with van der Waals surface area (Å²) in [5, 5.41) is 5.66. The van der Waals surface area contributed by atoms with Gasteiger partial charge in [-0.1, -0.05) is 170 Å². The molecule has 0 atom stereocenters. The predicted octanol–water partition coefficient (Wildman–Crippen LogP) is 15.9. The van der Waals surface area contributed by atoms with Crippen molar-refractivity contribution in [3.63, 3.8) is 0 Å². The Bertz CT molecular complexity index is 3570. The number of hydrogen-bond donors (Lipinski definition) is 0. The van der Waals surface area contributed by atoms with E-state index in [1.54, 1.807) is 11.3 Å². The number of fused-ring (bicyclic) bond motifs is 7. The molecule has 0 aliphatic carbocycles. The number of rotatable bonds is 6. The maximum absolute atomic E-state index is 6.63. The van der Waals surface area contributed by atoms with Crippen LogP contribution in [0.5, 0.6) is 0 Å². The number of benzene rings is 9. The highest BCUT2D eigenvalue weighted by molar-refractivity contribution is 7.26. The summed E-state index contributed by atoms with van der Waals surface area (Å²) in [5.41, 5.74) is 15.0. The average Bonchev–Trinajstić information content (AvgIpc) is 3.90. The predicted molar refractivity (Wildman–Crippen MR) is 252 cm³/mol. The first kappa shape index (κ1) is 34.4. The maximum Gasteiger partial charge on any atom is 0.161 e. The molecular weight excluding hydrogens is 749 g/mol. The smallest absolute Gasteiger partial charge is 0.161 e. The van der Waals surface area contributed by atoms with Crippen LogP contribution in [0.15, 0.2) is 211 Å². The van der Waals surface area contributed by atoms with E-state index in [0.717, 1.165) is 65.5 Å². The quantitative estimate of drug-likeness (QED) is 0.169. The Morgan fingerprint density at radius 2 is 0.933 bits per heavy atom. The molecule has 0 aliphatic heterocycles. The summed E-state index contributed by atoms with van der Waals surface area (Å²) in [7, 11) is 0. The Hall–Kier alpha value is -7.66. The van der Waals surface area contributed by atoms with Crippen molar-refractivity contribution >= 4 is 64.4 Å². The average molecular weight is 783 g/mol. The van der Waals surface area contributed by atoms with Gasteiger partial charge in [0.1, 0.15) is 11.2 Å². The lowest BCUT2D eigenvalue weighted by atomic mass is 9.90. The van der Waals surface area contributed by atoms with Crippen molar-refractivity contribution in [3.8, 4) is 67.2 Å². The van der Waals surface area contributed by atoms with Gasteiger partial charge in [-0.2, -0.15) is 0 Å². The van der Waals surface area contributed by atoms with Gasteiger partial charge in [-0.25, -0.2) is 9.97 Å². The second-order valence-electron chi connectivity index (χ2n) is 15.3. The molecule has 0 bridgehead atoms. The third-order valence-electron chi connectivity index (χ3n) is 11.7. The Kier molecular flexibility index (Phi) is 8.03. The van der Waals surface area contributed by atoms with Crippen LogP contribution in [-0.4, -0.2) is 9.97 Å². The van der Waals surface area contributed by atoms with Gasteiger partial charge in [0.05, 0.1) is 15.9 Å². The Morgan fingerprint density at radius 1 is 0.367 bits per heavy atom. The van der Waals surface area contributed by atoms with Crippen LogP contribution in [0.25, 0.3) is 120 Å². The molecule has 4 heteroatoms. The zero-order chi connectivity index (χ0) is 39.6. The van der Waals surface area contributed by atoms with E-state index in [9.17, 15) is 0 Å². The van der Waals surface area contributed by atoms with Gasteiger partial charge in [0.25, 0.3) is 0 Å². The topological polar surface area (TPSA) is 38.9 Å². The van der Waals surface area contributed by atoms with Crippen LogP contribution in [0.2, 0.25) is 0 Å². The zero-order valence-corrected chi connectivity index (χ0v) is 33.2. The third-order valence-corrected chi connectivity index (χ3v) is 12.9. The van der Waals surface area contributed by atoms with Crippen molar-refractivity contribution in [2.45, 2.75) is 0 Å². The Morgan fingerprint density at radius 3 is 1.67 bits per heavy atom. The first-order valence-electron chi connectivity index (χ1n) is 20.2. The van der Waals surface area contributed by atoms with Crippen molar-refractivity contribution in [2.75, 3.05) is 0 Å². The van der Waals surface area contributed by atoms with E-state index < -0.39 is 0 Å². The van der Waals surface area contributed by atoms with Crippen LogP contribution < -0.4 is 0 Å². The molecule has 0 N–H and O–H groups in total. The lowest BCUT2D eigenvalue weighted by Crippen LogP contribution is -1.94. The molecule has 0 saturated carbocycles. The van der Waals surface area contributed by atoms with Crippen LogP contribution >= 0.6 is 11.3 Å². The highest BCUT2D eigenvalue weighted by atomic mass is 32.1. The molecule has 3 nitrogen and oxygen atoms in total. The monoisotopic (exact) mass is 782 g/mol. The Labute approximate surface area is 350 Å². The summed E-state index contributed by atoms with van der Waals surface area (Å²) in [6, 6.07) is 73.3. The second kappa shape index (κ2) is 14.0. The highest BCUT2D eigenvalue weighted by Crippen LogP contribution is 2.43. The summed E-state index contributed by atoms with van der Waals surface area (Å²) in [6.45, 7) is 0. The van der Waals surface area contributed by atoms with Crippen molar-refractivity contribution in [3.05, 3.63) is 206 Å². The minimum atomic E-state index is 0.685. The second-order valence-corrected chi connectivity index (χ2v) is 16.3. The number of aromatic nitrogens is 2. The van der Waals surface area contributed by atoms with Crippen LogP contribution in [-0.2, 0) is 0 Å². The fourth-order valence-electron chi connectivity index (χ4n) is 8.73. The summed E-state index contributed by atoms with van der Waals surface area (Å²) in [5.74, 6) is 0.685. The van der Waals surface area contributed by atoms with Crippen molar-refractivity contribution in [1.82, 2.24) is 9.97 Å². The molecule has 9 aromatic carbocycles. The van der Waals surface area contributed by atoms with Crippen LogP contribution in [0.4, 0.5) is 0 Å². The van der Waals surface area contributed by atoms with Gasteiger partial charge in [0.15, 0.2) is 5.82 Å². The van der Waals surface area contributed by atoms with Crippen molar-refractivity contribution in [2.24, 2.45) is 0 Å². The molecule has 0 amide bonds. The van der Waals surface area contributed by atoms with Gasteiger partial charge in [-0.15, -0.1) is 11.3 Å². The van der Waals surface area contributed by atoms with E-state index in [4.69, 9.17) is 14.4 Å². The molecular formula is C56H34N2OS. The molecule has 0 aliphatic rings. The molecule has 0 radical (unpaired) electrons. The van der Waals surface area contributed by atoms with Gasteiger partial charge in [-0.05, 0) is 91.7 Å². The van der Waals surface area contributed by atoms with Crippen molar-refractivity contribution in [1.29, 1.82) is 0 Å². The maximum atomic E-state index is 6.63. The summed E-state index contributed by atoms with van der Waals surface area (Å²) >= 11 is 1.75. The van der Waals surface area contributed by atoms with Crippen LogP contribution in [0.1, 0.15) is 0 Å². The van der Waals surface area contributed by atoms with Gasteiger partial charge in [0.2, 0.25) is 0 Å².